The Bertz CT molecular complexity index is 697. The highest BCUT2D eigenvalue weighted by atomic mass is 16.5. The van der Waals surface area contributed by atoms with Crippen molar-refractivity contribution in [1.29, 1.82) is 0 Å². The van der Waals surface area contributed by atoms with Crippen molar-refractivity contribution in [3.05, 3.63) is 35.7 Å². The number of rotatable bonds is 7. The summed E-state index contributed by atoms with van der Waals surface area (Å²) in [4.78, 5) is 16.6. The first kappa shape index (κ1) is 19.0. The maximum atomic E-state index is 12.1. The number of hydrogen-bond donors (Lipinski definition) is 1. The predicted octanol–water partition coefficient (Wildman–Crippen LogP) is 4.14. The number of nitrogens with zero attached hydrogens (tertiary/aromatic N) is 1. The largest absolute Gasteiger partial charge is 0.497 e. The van der Waals surface area contributed by atoms with Crippen LogP contribution in [0.2, 0.25) is 0 Å². The lowest BCUT2D eigenvalue weighted by Gasteiger charge is -2.17. The Morgan fingerprint density at radius 3 is 2.52 bits per heavy atom. The number of aryl methyl sites for hydroxylation is 1. The molecule has 2 aromatic rings. The molecule has 25 heavy (non-hydrogen) atoms. The van der Waals surface area contributed by atoms with E-state index in [4.69, 9.17) is 9.15 Å². The van der Waals surface area contributed by atoms with Crippen LogP contribution in [0.3, 0.4) is 0 Å². The number of amides is 1. The average Bonchev–Trinajstić information content (AvgIpc) is 2.91. The van der Waals surface area contributed by atoms with Gasteiger partial charge in [-0.3, -0.25) is 4.79 Å². The SMILES string of the molecule is COc1ccc(-c2nc(CC(=O)NCCCC(C)(C)C)c(C)o2)cc1. The Morgan fingerprint density at radius 1 is 1.24 bits per heavy atom. The summed E-state index contributed by atoms with van der Waals surface area (Å²) in [5.74, 6) is 1.96. The van der Waals surface area contributed by atoms with E-state index < -0.39 is 0 Å². The highest BCUT2D eigenvalue weighted by molar-refractivity contribution is 5.78. The fourth-order valence-corrected chi connectivity index (χ4v) is 2.51. The molecule has 1 aromatic heterocycles. The molecule has 0 radical (unpaired) electrons. The second kappa shape index (κ2) is 8.19. The van der Waals surface area contributed by atoms with Gasteiger partial charge in [0.2, 0.25) is 11.8 Å². The molecule has 0 spiro atoms. The minimum Gasteiger partial charge on any atom is -0.497 e. The molecule has 0 atom stereocenters. The zero-order valence-corrected chi connectivity index (χ0v) is 15.8. The van der Waals surface area contributed by atoms with Gasteiger partial charge in [-0.25, -0.2) is 4.98 Å². The van der Waals surface area contributed by atoms with Gasteiger partial charge in [-0.1, -0.05) is 20.8 Å². The second-order valence-electron chi connectivity index (χ2n) is 7.44. The first-order valence-corrected chi connectivity index (χ1v) is 8.66. The highest BCUT2D eigenvalue weighted by Gasteiger charge is 2.15. The Labute approximate surface area is 149 Å². The van der Waals surface area contributed by atoms with E-state index in [1.165, 1.54) is 0 Å². The Morgan fingerprint density at radius 2 is 1.92 bits per heavy atom. The Kier molecular flexibility index (Phi) is 6.23. The van der Waals surface area contributed by atoms with Crippen LogP contribution in [0.4, 0.5) is 0 Å². The molecule has 1 amide bonds. The molecule has 0 saturated heterocycles. The van der Waals surface area contributed by atoms with Gasteiger partial charge in [0.15, 0.2) is 0 Å². The Balaban J connectivity index is 1.92. The number of carbonyl (C=O) groups excluding carboxylic acids is 1. The van der Waals surface area contributed by atoms with E-state index in [9.17, 15) is 4.79 Å². The molecule has 136 valence electrons. The van der Waals surface area contributed by atoms with Crippen molar-refractivity contribution in [1.82, 2.24) is 10.3 Å². The first-order valence-electron chi connectivity index (χ1n) is 8.66. The van der Waals surface area contributed by atoms with Gasteiger partial charge < -0.3 is 14.5 Å². The maximum Gasteiger partial charge on any atom is 0.226 e. The van der Waals surface area contributed by atoms with Crippen molar-refractivity contribution >= 4 is 5.91 Å². The molecule has 0 aliphatic rings. The van der Waals surface area contributed by atoms with Crippen LogP contribution >= 0.6 is 0 Å². The minimum atomic E-state index is -0.0217. The number of methoxy groups -OCH3 is 1. The molecule has 0 aliphatic heterocycles. The van der Waals surface area contributed by atoms with Crippen LogP contribution < -0.4 is 10.1 Å². The van der Waals surface area contributed by atoms with E-state index in [1.54, 1.807) is 7.11 Å². The van der Waals surface area contributed by atoms with E-state index in [-0.39, 0.29) is 12.3 Å². The molecular weight excluding hydrogens is 316 g/mol. The minimum absolute atomic E-state index is 0.0217. The van der Waals surface area contributed by atoms with Crippen molar-refractivity contribution in [3.63, 3.8) is 0 Å². The first-order chi connectivity index (χ1) is 11.8. The van der Waals surface area contributed by atoms with Crippen LogP contribution in [-0.2, 0) is 11.2 Å². The normalized spacial score (nSPS) is 11.4. The molecule has 1 heterocycles. The summed E-state index contributed by atoms with van der Waals surface area (Å²) in [6.45, 7) is 9.14. The summed E-state index contributed by atoms with van der Waals surface area (Å²) in [5.41, 5.74) is 1.83. The summed E-state index contributed by atoms with van der Waals surface area (Å²) in [6.07, 6.45) is 2.29. The summed E-state index contributed by atoms with van der Waals surface area (Å²) >= 11 is 0. The monoisotopic (exact) mass is 344 g/mol. The van der Waals surface area contributed by atoms with Gasteiger partial charge in [0.05, 0.1) is 19.2 Å². The van der Waals surface area contributed by atoms with Gasteiger partial charge in [-0.2, -0.15) is 0 Å². The number of carbonyl (C=O) groups is 1. The number of ether oxygens (including phenoxy) is 1. The zero-order chi connectivity index (χ0) is 18.4. The van der Waals surface area contributed by atoms with Gasteiger partial charge in [0, 0.05) is 12.1 Å². The summed E-state index contributed by atoms with van der Waals surface area (Å²) in [6, 6.07) is 7.49. The van der Waals surface area contributed by atoms with E-state index >= 15 is 0 Å². The third-order valence-corrected chi connectivity index (χ3v) is 3.98. The average molecular weight is 344 g/mol. The molecule has 5 heteroatoms. The van der Waals surface area contributed by atoms with Crippen molar-refractivity contribution in [2.45, 2.75) is 47.0 Å². The van der Waals surface area contributed by atoms with Crippen LogP contribution in [0.1, 0.15) is 45.1 Å². The van der Waals surface area contributed by atoms with Gasteiger partial charge in [0.1, 0.15) is 11.5 Å². The van der Waals surface area contributed by atoms with Crippen LogP contribution in [0.15, 0.2) is 28.7 Å². The van der Waals surface area contributed by atoms with Crippen molar-refractivity contribution in [2.75, 3.05) is 13.7 Å². The quantitative estimate of drug-likeness (QED) is 0.767. The fourth-order valence-electron chi connectivity index (χ4n) is 2.51. The number of aromatic nitrogens is 1. The topological polar surface area (TPSA) is 64.4 Å². The predicted molar refractivity (Wildman–Crippen MR) is 98.6 cm³/mol. The third kappa shape index (κ3) is 5.93. The number of oxazole rings is 1. The number of benzene rings is 1. The van der Waals surface area contributed by atoms with Crippen LogP contribution in [-0.4, -0.2) is 24.5 Å². The van der Waals surface area contributed by atoms with Crippen molar-refractivity contribution in [3.8, 4) is 17.2 Å². The lowest BCUT2D eigenvalue weighted by atomic mass is 9.91. The second-order valence-corrected chi connectivity index (χ2v) is 7.44. The van der Waals surface area contributed by atoms with Crippen molar-refractivity contribution < 1.29 is 13.9 Å². The number of nitrogens with one attached hydrogen (secondary N) is 1. The van der Waals surface area contributed by atoms with E-state index in [1.807, 2.05) is 31.2 Å². The highest BCUT2D eigenvalue weighted by Crippen LogP contribution is 2.24. The van der Waals surface area contributed by atoms with Crippen LogP contribution in [0, 0.1) is 12.3 Å². The molecule has 0 unspecified atom stereocenters. The molecule has 0 saturated carbocycles. The molecule has 5 nitrogen and oxygen atoms in total. The van der Waals surface area contributed by atoms with Gasteiger partial charge in [-0.15, -0.1) is 0 Å². The summed E-state index contributed by atoms with van der Waals surface area (Å²) < 4.78 is 10.9. The van der Waals surface area contributed by atoms with Crippen LogP contribution in [0.25, 0.3) is 11.5 Å². The van der Waals surface area contributed by atoms with Gasteiger partial charge in [0.25, 0.3) is 0 Å². The van der Waals surface area contributed by atoms with Crippen LogP contribution in [0.5, 0.6) is 5.75 Å². The van der Waals surface area contributed by atoms with Crippen molar-refractivity contribution in [2.24, 2.45) is 5.41 Å². The molecule has 0 bridgehead atoms. The third-order valence-electron chi connectivity index (χ3n) is 3.98. The van der Waals surface area contributed by atoms with E-state index in [0.29, 0.717) is 29.3 Å². The van der Waals surface area contributed by atoms with Gasteiger partial charge in [-0.05, 0) is 49.4 Å². The molecular formula is C20H28N2O3. The molecule has 1 aromatic carbocycles. The summed E-state index contributed by atoms with van der Waals surface area (Å²) in [7, 11) is 1.63. The van der Waals surface area contributed by atoms with E-state index in [2.05, 4.69) is 31.1 Å². The smallest absolute Gasteiger partial charge is 0.226 e. The lowest BCUT2D eigenvalue weighted by molar-refractivity contribution is -0.120. The van der Waals surface area contributed by atoms with Gasteiger partial charge >= 0.3 is 0 Å². The maximum absolute atomic E-state index is 12.1. The molecule has 2 rings (SSSR count). The molecule has 1 N–H and O–H groups in total. The standard InChI is InChI=1S/C20H28N2O3/c1-14-17(13-18(23)21-12-6-11-20(2,3)4)22-19(25-14)15-7-9-16(24-5)10-8-15/h7-10H,6,11-13H2,1-5H3,(H,21,23). The van der Waals surface area contributed by atoms with E-state index in [0.717, 1.165) is 24.2 Å². The fraction of sp³-hybridized carbons (Fsp3) is 0.500. The Hall–Kier alpha value is -2.30. The molecule has 0 aliphatic carbocycles. The lowest BCUT2D eigenvalue weighted by Crippen LogP contribution is -2.27. The number of hydrogen-bond acceptors (Lipinski definition) is 4. The summed E-state index contributed by atoms with van der Waals surface area (Å²) in [5, 5.41) is 2.96. The molecule has 0 fully saturated rings. The zero-order valence-electron chi connectivity index (χ0n) is 15.8.